The van der Waals surface area contributed by atoms with Crippen molar-refractivity contribution >= 4 is 17.6 Å². The molecule has 0 aliphatic carbocycles. The van der Waals surface area contributed by atoms with Gasteiger partial charge < -0.3 is 15.6 Å². The molecular formula is C19H17N3O2. The van der Waals surface area contributed by atoms with Crippen LogP contribution in [-0.2, 0) is 6.54 Å². The van der Waals surface area contributed by atoms with Gasteiger partial charge in [-0.3, -0.25) is 9.59 Å². The van der Waals surface area contributed by atoms with E-state index in [1.54, 1.807) is 41.0 Å². The maximum absolute atomic E-state index is 12.4. The summed E-state index contributed by atoms with van der Waals surface area (Å²) in [6, 6.07) is 21.9. The van der Waals surface area contributed by atoms with Gasteiger partial charge in [-0.15, -0.1) is 0 Å². The Hall–Kier alpha value is -3.34. The van der Waals surface area contributed by atoms with Crippen molar-refractivity contribution in [3.63, 3.8) is 0 Å². The molecule has 24 heavy (non-hydrogen) atoms. The molecule has 3 rings (SSSR count). The van der Waals surface area contributed by atoms with Crippen LogP contribution in [0.5, 0.6) is 0 Å². The van der Waals surface area contributed by atoms with E-state index in [0.717, 1.165) is 5.56 Å². The van der Waals surface area contributed by atoms with Crippen LogP contribution in [0, 0.1) is 0 Å². The molecule has 120 valence electrons. The van der Waals surface area contributed by atoms with Crippen LogP contribution < -0.4 is 11.1 Å². The molecule has 5 nitrogen and oxygen atoms in total. The average molecular weight is 319 g/mol. The van der Waals surface area contributed by atoms with Crippen LogP contribution in [0.15, 0.2) is 72.8 Å². The number of nitrogens with two attached hydrogens (primary N) is 1. The number of carbonyl (C=O) groups excluding carboxylic acids is 2. The van der Waals surface area contributed by atoms with Gasteiger partial charge in [0.15, 0.2) is 0 Å². The van der Waals surface area contributed by atoms with Gasteiger partial charge in [0, 0.05) is 12.1 Å². The zero-order chi connectivity index (χ0) is 16.9. The fourth-order valence-corrected chi connectivity index (χ4v) is 2.51. The molecule has 0 radical (unpaired) electrons. The van der Waals surface area contributed by atoms with E-state index in [9.17, 15) is 9.59 Å². The van der Waals surface area contributed by atoms with Gasteiger partial charge in [-0.1, -0.05) is 48.5 Å². The molecule has 1 aromatic heterocycles. The Morgan fingerprint density at radius 3 is 2.12 bits per heavy atom. The zero-order valence-corrected chi connectivity index (χ0v) is 13.0. The third-order valence-electron chi connectivity index (χ3n) is 3.69. The van der Waals surface area contributed by atoms with E-state index < -0.39 is 5.91 Å². The van der Waals surface area contributed by atoms with Crippen molar-refractivity contribution in [3.8, 4) is 0 Å². The maximum Gasteiger partial charge on any atom is 0.265 e. The SMILES string of the molecule is NC(=O)c1ccc(NC(=O)c2ccccc2)n1Cc1ccccc1. The van der Waals surface area contributed by atoms with Crippen LogP contribution in [0.4, 0.5) is 5.82 Å². The molecule has 0 unspecified atom stereocenters. The molecule has 0 aliphatic rings. The third kappa shape index (κ3) is 3.35. The van der Waals surface area contributed by atoms with Gasteiger partial charge in [-0.2, -0.15) is 0 Å². The normalized spacial score (nSPS) is 10.3. The summed E-state index contributed by atoms with van der Waals surface area (Å²) in [4.78, 5) is 24.0. The van der Waals surface area contributed by atoms with Crippen molar-refractivity contribution < 1.29 is 9.59 Å². The summed E-state index contributed by atoms with van der Waals surface area (Å²) in [6.07, 6.45) is 0. The Bertz CT molecular complexity index is 855. The van der Waals surface area contributed by atoms with Crippen molar-refractivity contribution in [1.82, 2.24) is 4.57 Å². The Labute approximate surface area is 139 Å². The smallest absolute Gasteiger partial charge is 0.265 e. The zero-order valence-electron chi connectivity index (χ0n) is 13.0. The van der Waals surface area contributed by atoms with Crippen LogP contribution in [0.2, 0.25) is 0 Å². The molecule has 3 N–H and O–H groups in total. The van der Waals surface area contributed by atoms with Crippen molar-refractivity contribution in [2.24, 2.45) is 5.73 Å². The molecule has 5 heteroatoms. The molecular weight excluding hydrogens is 302 g/mol. The first kappa shape index (κ1) is 15.6. The summed E-state index contributed by atoms with van der Waals surface area (Å²) in [5.74, 6) is -0.244. The summed E-state index contributed by atoms with van der Waals surface area (Å²) in [5, 5.41) is 2.84. The van der Waals surface area contributed by atoms with Crippen LogP contribution in [0.3, 0.4) is 0 Å². The minimum Gasteiger partial charge on any atom is -0.364 e. The highest BCUT2D eigenvalue weighted by atomic mass is 16.2. The molecule has 3 aromatic rings. The fourth-order valence-electron chi connectivity index (χ4n) is 2.51. The number of carbonyl (C=O) groups is 2. The van der Waals surface area contributed by atoms with Crippen LogP contribution in [0.1, 0.15) is 26.4 Å². The van der Waals surface area contributed by atoms with Gasteiger partial charge in [0.2, 0.25) is 0 Å². The van der Waals surface area contributed by atoms with Crippen molar-refractivity contribution in [3.05, 3.63) is 89.6 Å². The lowest BCUT2D eigenvalue weighted by Gasteiger charge is -2.13. The molecule has 0 aliphatic heterocycles. The Morgan fingerprint density at radius 1 is 0.875 bits per heavy atom. The van der Waals surface area contributed by atoms with Gasteiger partial charge in [-0.25, -0.2) is 0 Å². The molecule has 0 spiro atoms. The number of hydrogen-bond acceptors (Lipinski definition) is 2. The molecule has 0 bridgehead atoms. The predicted octanol–water partition coefficient (Wildman–Crippen LogP) is 2.89. The van der Waals surface area contributed by atoms with Gasteiger partial charge in [-0.05, 0) is 29.8 Å². The molecule has 0 atom stereocenters. The average Bonchev–Trinajstić information content (AvgIpc) is 2.99. The number of hydrogen-bond donors (Lipinski definition) is 2. The standard InChI is InChI=1S/C19H17N3O2/c20-18(23)16-11-12-17(21-19(24)15-9-5-2-6-10-15)22(16)13-14-7-3-1-4-8-14/h1-12H,13H2,(H2,20,23)(H,21,24). The minimum absolute atomic E-state index is 0.237. The number of nitrogens with zero attached hydrogens (tertiary/aromatic N) is 1. The number of aromatic nitrogens is 1. The van der Waals surface area contributed by atoms with Gasteiger partial charge >= 0.3 is 0 Å². The lowest BCUT2D eigenvalue weighted by atomic mass is 10.2. The molecule has 2 aromatic carbocycles. The van der Waals surface area contributed by atoms with E-state index in [0.29, 0.717) is 23.6 Å². The highest BCUT2D eigenvalue weighted by molar-refractivity contribution is 6.04. The Kier molecular flexibility index (Phi) is 4.43. The first-order chi connectivity index (χ1) is 11.6. The van der Waals surface area contributed by atoms with Crippen LogP contribution in [0.25, 0.3) is 0 Å². The fraction of sp³-hybridized carbons (Fsp3) is 0.0526. The number of nitrogens with one attached hydrogen (secondary N) is 1. The number of rotatable bonds is 5. The first-order valence-electron chi connectivity index (χ1n) is 7.55. The van der Waals surface area contributed by atoms with Gasteiger partial charge in [0.1, 0.15) is 11.5 Å². The van der Waals surface area contributed by atoms with Crippen LogP contribution in [-0.4, -0.2) is 16.4 Å². The summed E-state index contributed by atoms with van der Waals surface area (Å²) >= 11 is 0. The van der Waals surface area contributed by atoms with E-state index in [4.69, 9.17) is 5.73 Å². The molecule has 2 amide bonds. The third-order valence-corrected chi connectivity index (χ3v) is 3.69. The van der Waals surface area contributed by atoms with E-state index in [1.807, 2.05) is 36.4 Å². The summed E-state index contributed by atoms with van der Waals surface area (Å²) < 4.78 is 1.71. The topological polar surface area (TPSA) is 77.1 Å². The largest absolute Gasteiger partial charge is 0.364 e. The predicted molar refractivity (Wildman–Crippen MR) is 92.9 cm³/mol. The minimum atomic E-state index is -0.536. The highest BCUT2D eigenvalue weighted by Crippen LogP contribution is 2.18. The lowest BCUT2D eigenvalue weighted by Crippen LogP contribution is -2.20. The Morgan fingerprint density at radius 2 is 1.50 bits per heavy atom. The highest BCUT2D eigenvalue weighted by Gasteiger charge is 2.15. The molecule has 0 fully saturated rings. The second-order valence-electron chi connectivity index (χ2n) is 5.36. The monoisotopic (exact) mass is 319 g/mol. The number of primary amides is 1. The molecule has 1 heterocycles. The van der Waals surface area contributed by atoms with Crippen LogP contribution >= 0.6 is 0 Å². The van der Waals surface area contributed by atoms with Gasteiger partial charge in [0.25, 0.3) is 11.8 Å². The molecule has 0 saturated carbocycles. The van der Waals surface area contributed by atoms with Crippen molar-refractivity contribution in [2.45, 2.75) is 6.54 Å². The van der Waals surface area contributed by atoms with E-state index in [2.05, 4.69) is 5.32 Å². The van der Waals surface area contributed by atoms with Crippen molar-refractivity contribution in [1.29, 1.82) is 0 Å². The van der Waals surface area contributed by atoms with E-state index >= 15 is 0 Å². The number of amides is 2. The number of anilines is 1. The Balaban J connectivity index is 1.90. The second-order valence-corrected chi connectivity index (χ2v) is 5.36. The van der Waals surface area contributed by atoms with Gasteiger partial charge in [0.05, 0.1) is 0 Å². The quantitative estimate of drug-likeness (QED) is 0.758. The molecule has 0 saturated heterocycles. The maximum atomic E-state index is 12.4. The van der Waals surface area contributed by atoms with Crippen molar-refractivity contribution in [2.75, 3.05) is 5.32 Å². The first-order valence-corrected chi connectivity index (χ1v) is 7.55. The summed E-state index contributed by atoms with van der Waals surface area (Å²) in [6.45, 7) is 0.441. The summed E-state index contributed by atoms with van der Waals surface area (Å²) in [5.41, 5.74) is 7.35. The summed E-state index contributed by atoms with van der Waals surface area (Å²) in [7, 11) is 0. The number of benzene rings is 2. The van der Waals surface area contributed by atoms with E-state index in [-0.39, 0.29) is 5.91 Å². The lowest BCUT2D eigenvalue weighted by molar-refractivity contribution is 0.0987. The van der Waals surface area contributed by atoms with E-state index in [1.165, 1.54) is 0 Å². The second kappa shape index (κ2) is 6.83.